The van der Waals surface area contributed by atoms with Gasteiger partial charge in [-0.25, -0.2) is 4.98 Å². The number of fused-ring (bicyclic) bond motifs is 3. The van der Waals surface area contributed by atoms with Crippen molar-refractivity contribution in [3.8, 4) is 17.0 Å². The van der Waals surface area contributed by atoms with Gasteiger partial charge in [-0.1, -0.05) is 23.7 Å². The van der Waals surface area contributed by atoms with E-state index in [1.54, 1.807) is 47.8 Å². The lowest BCUT2D eigenvalue weighted by atomic mass is 9.77. The second-order valence-electron chi connectivity index (χ2n) is 7.66. The van der Waals surface area contributed by atoms with Crippen LogP contribution in [0, 0.1) is 5.92 Å². The predicted molar refractivity (Wildman–Crippen MR) is 117 cm³/mol. The number of alkyl halides is 3. The van der Waals surface area contributed by atoms with Crippen LogP contribution >= 0.6 is 22.9 Å². The largest absolute Gasteiger partial charge is 0.497 e. The van der Waals surface area contributed by atoms with Crippen molar-refractivity contribution in [1.82, 2.24) is 4.98 Å². The normalized spacial score (nSPS) is 22.4. The zero-order valence-corrected chi connectivity index (χ0v) is 18.3. The van der Waals surface area contributed by atoms with Crippen LogP contribution in [-0.4, -0.2) is 34.8 Å². The van der Waals surface area contributed by atoms with E-state index in [9.17, 15) is 18.3 Å². The standard InChI is InChI=1S/C22H17ClF3N3O2S/c1-31-15-7-8-16-13(10-15)4-9-17-19(16)28-29(21(17,30)22(24,25)26)20-27-18(11-32-20)12-2-5-14(23)6-3-12/h2-3,5-8,10-11,17,30H,4,9H2,1H3/t17-,21+/m0/s1. The molecule has 2 heterocycles. The van der Waals surface area contributed by atoms with Crippen molar-refractivity contribution in [3.63, 3.8) is 0 Å². The third-order valence-electron chi connectivity index (χ3n) is 5.87. The van der Waals surface area contributed by atoms with E-state index < -0.39 is 17.8 Å². The summed E-state index contributed by atoms with van der Waals surface area (Å²) in [6, 6.07) is 12.0. The molecule has 1 aliphatic carbocycles. The lowest BCUT2D eigenvalue weighted by Gasteiger charge is -2.38. The number of methoxy groups -OCH3 is 1. The molecule has 166 valence electrons. The van der Waals surface area contributed by atoms with E-state index in [2.05, 4.69) is 10.1 Å². The van der Waals surface area contributed by atoms with Crippen LogP contribution in [0.3, 0.4) is 0 Å². The fourth-order valence-corrected chi connectivity index (χ4v) is 5.21. The summed E-state index contributed by atoms with van der Waals surface area (Å²) in [5.74, 6) is -0.609. The number of thiazole rings is 1. The van der Waals surface area contributed by atoms with E-state index >= 15 is 0 Å². The molecule has 0 amide bonds. The van der Waals surface area contributed by atoms with Crippen molar-refractivity contribution < 1.29 is 23.0 Å². The molecule has 3 aromatic rings. The molecule has 32 heavy (non-hydrogen) atoms. The van der Waals surface area contributed by atoms with E-state index in [0.717, 1.165) is 16.9 Å². The number of rotatable bonds is 3. The van der Waals surface area contributed by atoms with Crippen LogP contribution in [-0.2, 0) is 6.42 Å². The van der Waals surface area contributed by atoms with Gasteiger partial charge in [0.2, 0.25) is 5.13 Å². The highest BCUT2D eigenvalue weighted by Crippen LogP contribution is 2.51. The zero-order chi connectivity index (χ0) is 22.7. The maximum atomic E-state index is 14.3. The molecular formula is C22H17ClF3N3O2S. The highest BCUT2D eigenvalue weighted by Gasteiger charge is 2.68. The Bertz CT molecular complexity index is 1210. The van der Waals surface area contributed by atoms with Crippen LogP contribution in [0.15, 0.2) is 52.9 Å². The van der Waals surface area contributed by atoms with Crippen LogP contribution in [0.5, 0.6) is 5.75 Å². The molecule has 5 rings (SSSR count). The Morgan fingerprint density at radius 1 is 1.22 bits per heavy atom. The molecule has 0 spiro atoms. The number of aryl methyl sites for hydroxylation is 1. The molecule has 0 bridgehead atoms. The average molecular weight is 480 g/mol. The molecule has 1 N–H and O–H groups in total. The number of hydrogen-bond donors (Lipinski definition) is 1. The second kappa shape index (κ2) is 7.47. The minimum absolute atomic E-state index is 0.0354. The Kier molecular flexibility index (Phi) is 4.96. The number of halogens is 4. The quantitative estimate of drug-likeness (QED) is 0.538. The van der Waals surface area contributed by atoms with Gasteiger partial charge in [0.15, 0.2) is 0 Å². The molecule has 0 fully saturated rings. The molecule has 5 nitrogen and oxygen atoms in total. The predicted octanol–water partition coefficient (Wildman–Crippen LogP) is 5.51. The molecule has 2 aliphatic rings. The average Bonchev–Trinajstić information content (AvgIpc) is 3.37. The molecule has 10 heteroatoms. The molecule has 1 aliphatic heterocycles. The van der Waals surface area contributed by atoms with Crippen molar-refractivity contribution in [2.75, 3.05) is 12.1 Å². The van der Waals surface area contributed by atoms with Crippen molar-refractivity contribution >= 4 is 33.8 Å². The fraction of sp³-hybridized carbons (Fsp3) is 0.273. The number of hydrogen-bond acceptors (Lipinski definition) is 6. The second-order valence-corrected chi connectivity index (χ2v) is 8.93. The Balaban J connectivity index is 1.60. The van der Waals surface area contributed by atoms with Crippen molar-refractivity contribution in [2.45, 2.75) is 24.7 Å². The van der Waals surface area contributed by atoms with E-state index in [0.29, 0.717) is 39.0 Å². The first-order valence-corrected chi connectivity index (χ1v) is 11.0. The number of ether oxygens (including phenoxy) is 1. The lowest BCUT2D eigenvalue weighted by Crippen LogP contribution is -2.60. The van der Waals surface area contributed by atoms with Crippen molar-refractivity contribution in [3.05, 3.63) is 64.0 Å². The van der Waals surface area contributed by atoms with Gasteiger partial charge >= 0.3 is 6.18 Å². The van der Waals surface area contributed by atoms with Gasteiger partial charge < -0.3 is 9.84 Å². The molecule has 2 aromatic carbocycles. The molecule has 2 atom stereocenters. The van der Waals surface area contributed by atoms with Gasteiger partial charge in [0.25, 0.3) is 5.72 Å². The topological polar surface area (TPSA) is 58.0 Å². The third-order valence-corrected chi connectivity index (χ3v) is 6.94. The first-order chi connectivity index (χ1) is 15.2. The van der Waals surface area contributed by atoms with E-state index in [1.165, 1.54) is 7.11 Å². The van der Waals surface area contributed by atoms with Crippen LogP contribution in [0.2, 0.25) is 5.02 Å². The van der Waals surface area contributed by atoms with Gasteiger partial charge in [-0.05, 0) is 48.7 Å². The number of hydrazone groups is 1. The van der Waals surface area contributed by atoms with Crippen LogP contribution < -0.4 is 9.75 Å². The number of anilines is 1. The van der Waals surface area contributed by atoms with Gasteiger partial charge in [-0.15, -0.1) is 11.3 Å². The van der Waals surface area contributed by atoms with Gasteiger partial charge in [0.1, 0.15) is 5.75 Å². The van der Waals surface area contributed by atoms with Crippen LogP contribution in [0.25, 0.3) is 11.3 Å². The van der Waals surface area contributed by atoms with E-state index in [1.807, 2.05) is 0 Å². The summed E-state index contributed by atoms with van der Waals surface area (Å²) < 4.78 is 48.1. The fourth-order valence-electron chi connectivity index (χ4n) is 4.25. The number of benzene rings is 2. The maximum Gasteiger partial charge on any atom is 0.439 e. The lowest BCUT2D eigenvalue weighted by molar-refractivity contribution is -0.268. The minimum atomic E-state index is -4.95. The minimum Gasteiger partial charge on any atom is -0.497 e. The highest BCUT2D eigenvalue weighted by atomic mass is 35.5. The molecule has 1 aromatic heterocycles. The van der Waals surface area contributed by atoms with Gasteiger partial charge in [-0.3, -0.25) is 0 Å². The zero-order valence-electron chi connectivity index (χ0n) is 16.7. The van der Waals surface area contributed by atoms with Crippen LogP contribution in [0.1, 0.15) is 17.5 Å². The number of aromatic nitrogens is 1. The van der Waals surface area contributed by atoms with Crippen molar-refractivity contribution in [1.29, 1.82) is 0 Å². The Morgan fingerprint density at radius 2 is 1.97 bits per heavy atom. The first kappa shape index (κ1) is 21.2. The summed E-state index contributed by atoms with van der Waals surface area (Å²) in [6.45, 7) is 0. The number of aliphatic hydroxyl groups is 1. The molecule has 0 saturated carbocycles. The Morgan fingerprint density at radius 3 is 2.66 bits per heavy atom. The van der Waals surface area contributed by atoms with Gasteiger partial charge in [0.05, 0.1) is 24.4 Å². The smallest absolute Gasteiger partial charge is 0.439 e. The summed E-state index contributed by atoms with van der Waals surface area (Å²) in [7, 11) is 1.53. The molecular weight excluding hydrogens is 463 g/mol. The summed E-state index contributed by atoms with van der Waals surface area (Å²) in [5.41, 5.74) is -0.374. The molecule has 0 radical (unpaired) electrons. The highest BCUT2D eigenvalue weighted by molar-refractivity contribution is 7.14. The Labute approximate surface area is 190 Å². The van der Waals surface area contributed by atoms with E-state index in [-0.39, 0.29) is 17.3 Å². The van der Waals surface area contributed by atoms with Crippen molar-refractivity contribution in [2.24, 2.45) is 11.0 Å². The third kappa shape index (κ3) is 3.18. The SMILES string of the molecule is COc1ccc2c(c1)CC[C@H]1C2=NN(c2nc(-c3ccc(Cl)cc3)cs2)[C@]1(O)C(F)(F)F. The first-order valence-electron chi connectivity index (χ1n) is 9.79. The summed E-state index contributed by atoms with van der Waals surface area (Å²) in [5, 5.41) is 18.2. The van der Waals surface area contributed by atoms with Gasteiger partial charge in [0, 0.05) is 21.5 Å². The molecule has 0 saturated heterocycles. The Hall–Kier alpha value is -2.62. The van der Waals surface area contributed by atoms with Crippen LogP contribution in [0.4, 0.5) is 18.3 Å². The molecule has 0 unspecified atom stereocenters. The van der Waals surface area contributed by atoms with E-state index in [4.69, 9.17) is 16.3 Å². The maximum absolute atomic E-state index is 14.3. The summed E-state index contributed by atoms with van der Waals surface area (Å²) >= 11 is 6.91. The monoisotopic (exact) mass is 479 g/mol. The summed E-state index contributed by atoms with van der Waals surface area (Å²) in [6.07, 6.45) is -4.48. The number of nitrogens with zero attached hydrogens (tertiary/aromatic N) is 3. The van der Waals surface area contributed by atoms with Gasteiger partial charge in [-0.2, -0.15) is 23.3 Å². The summed E-state index contributed by atoms with van der Waals surface area (Å²) in [4.78, 5) is 4.36.